The largest absolute Gasteiger partial charge is 0.340 e. The van der Waals surface area contributed by atoms with E-state index in [1.54, 1.807) is 17.0 Å². The van der Waals surface area contributed by atoms with Crippen LogP contribution in [0.1, 0.15) is 33.1 Å². The molecule has 0 saturated carbocycles. The number of benzene rings is 1. The fourth-order valence-electron chi connectivity index (χ4n) is 4.22. The van der Waals surface area contributed by atoms with Crippen molar-refractivity contribution in [2.45, 2.75) is 38.6 Å². The molecule has 1 unspecified atom stereocenters. The molecule has 0 bridgehead atoms. The maximum absolute atomic E-state index is 13.6. The van der Waals surface area contributed by atoms with Crippen LogP contribution in [0, 0.1) is 11.7 Å². The molecule has 2 saturated heterocycles. The van der Waals surface area contributed by atoms with Crippen LogP contribution in [0.3, 0.4) is 0 Å². The predicted octanol–water partition coefficient (Wildman–Crippen LogP) is 2.51. The average molecular weight is 361 g/mol. The summed E-state index contributed by atoms with van der Waals surface area (Å²) in [6.07, 6.45) is 2.53. The number of amides is 2. The first-order valence-electron chi connectivity index (χ1n) is 9.46. The zero-order valence-electron chi connectivity index (χ0n) is 15.9. The summed E-state index contributed by atoms with van der Waals surface area (Å²) < 4.78 is 13.6. The SMILES string of the molecule is CCC(CC)C(=O)N1CCC2(C1)CN(c1cccc(F)c1)C(=O)CN2C. The summed E-state index contributed by atoms with van der Waals surface area (Å²) in [5.41, 5.74) is 0.328. The Kier molecular flexibility index (Phi) is 5.32. The lowest BCUT2D eigenvalue weighted by Crippen LogP contribution is -2.64. The van der Waals surface area contributed by atoms with Gasteiger partial charge in [0, 0.05) is 31.2 Å². The molecule has 0 aromatic heterocycles. The predicted molar refractivity (Wildman–Crippen MR) is 99.4 cm³/mol. The first-order valence-corrected chi connectivity index (χ1v) is 9.46. The van der Waals surface area contributed by atoms with Crippen molar-refractivity contribution in [3.8, 4) is 0 Å². The molecular formula is C20H28FN3O2. The van der Waals surface area contributed by atoms with Crippen molar-refractivity contribution in [1.82, 2.24) is 9.80 Å². The highest BCUT2D eigenvalue weighted by Gasteiger charge is 2.49. The van der Waals surface area contributed by atoms with Crippen LogP contribution in [0.5, 0.6) is 0 Å². The van der Waals surface area contributed by atoms with E-state index >= 15 is 0 Å². The highest BCUT2D eigenvalue weighted by Crippen LogP contribution is 2.34. The zero-order chi connectivity index (χ0) is 18.9. The maximum atomic E-state index is 13.6. The fraction of sp³-hybridized carbons (Fsp3) is 0.600. The Morgan fingerprint density at radius 2 is 2.00 bits per heavy atom. The van der Waals surface area contributed by atoms with Gasteiger partial charge in [0.05, 0.1) is 12.1 Å². The molecule has 0 radical (unpaired) electrons. The third-order valence-corrected chi connectivity index (χ3v) is 6.03. The smallest absolute Gasteiger partial charge is 0.241 e. The van der Waals surface area contributed by atoms with Crippen molar-refractivity contribution >= 4 is 17.5 Å². The van der Waals surface area contributed by atoms with Gasteiger partial charge in [0.15, 0.2) is 0 Å². The van der Waals surface area contributed by atoms with Crippen LogP contribution in [-0.4, -0.2) is 60.4 Å². The average Bonchev–Trinajstić information content (AvgIpc) is 3.05. The van der Waals surface area contributed by atoms with Gasteiger partial charge in [0.2, 0.25) is 11.8 Å². The van der Waals surface area contributed by atoms with Crippen molar-refractivity contribution in [1.29, 1.82) is 0 Å². The standard InChI is InChI=1S/C20H28FN3O2/c1-4-15(5-2)19(26)23-10-9-20(13-23)14-24(18(25)12-22(20)3)17-8-6-7-16(21)11-17/h6-8,11,15H,4-5,9-10,12-14H2,1-3H3. The fourth-order valence-corrected chi connectivity index (χ4v) is 4.22. The van der Waals surface area contributed by atoms with Gasteiger partial charge in [-0.15, -0.1) is 0 Å². The third kappa shape index (κ3) is 3.34. The molecule has 2 aliphatic heterocycles. The molecule has 3 rings (SSSR count). The molecule has 1 spiro atoms. The molecule has 2 amide bonds. The molecule has 1 aromatic carbocycles. The van der Waals surface area contributed by atoms with Crippen molar-refractivity contribution in [2.75, 3.05) is 38.1 Å². The molecule has 2 heterocycles. The van der Waals surface area contributed by atoms with E-state index in [0.717, 1.165) is 19.3 Å². The summed E-state index contributed by atoms with van der Waals surface area (Å²) in [4.78, 5) is 31.0. The Bertz CT molecular complexity index is 691. The topological polar surface area (TPSA) is 43.9 Å². The minimum absolute atomic E-state index is 0.0338. The quantitative estimate of drug-likeness (QED) is 0.828. The highest BCUT2D eigenvalue weighted by molar-refractivity contribution is 5.96. The number of hydrogen-bond acceptors (Lipinski definition) is 3. The molecule has 142 valence electrons. The summed E-state index contributed by atoms with van der Waals surface area (Å²) in [7, 11) is 1.95. The highest BCUT2D eigenvalue weighted by atomic mass is 19.1. The van der Waals surface area contributed by atoms with Crippen LogP contribution in [-0.2, 0) is 9.59 Å². The van der Waals surface area contributed by atoms with E-state index in [1.807, 2.05) is 11.9 Å². The lowest BCUT2D eigenvalue weighted by atomic mass is 9.92. The van der Waals surface area contributed by atoms with Gasteiger partial charge in [-0.1, -0.05) is 19.9 Å². The Morgan fingerprint density at radius 1 is 1.27 bits per heavy atom. The van der Waals surface area contributed by atoms with Crippen LogP contribution >= 0.6 is 0 Å². The Labute approximate surface area is 154 Å². The van der Waals surface area contributed by atoms with Crippen molar-refractivity contribution in [3.63, 3.8) is 0 Å². The van der Waals surface area contributed by atoms with Crippen molar-refractivity contribution in [3.05, 3.63) is 30.1 Å². The van der Waals surface area contributed by atoms with E-state index in [0.29, 0.717) is 25.3 Å². The number of hydrogen-bond donors (Lipinski definition) is 0. The van der Waals surface area contributed by atoms with Crippen molar-refractivity contribution in [2.24, 2.45) is 5.92 Å². The van der Waals surface area contributed by atoms with Crippen LogP contribution in [0.25, 0.3) is 0 Å². The van der Waals surface area contributed by atoms with Crippen LogP contribution in [0.2, 0.25) is 0 Å². The molecule has 5 nitrogen and oxygen atoms in total. The zero-order valence-corrected chi connectivity index (χ0v) is 15.9. The van der Waals surface area contributed by atoms with E-state index in [1.165, 1.54) is 12.1 Å². The Morgan fingerprint density at radius 3 is 2.65 bits per heavy atom. The number of carbonyl (C=O) groups excluding carboxylic acids is 2. The van der Waals surface area contributed by atoms with Crippen molar-refractivity contribution < 1.29 is 14.0 Å². The number of halogens is 1. The summed E-state index contributed by atoms with van der Waals surface area (Å²) in [6, 6.07) is 6.17. The van der Waals surface area contributed by atoms with Gasteiger partial charge >= 0.3 is 0 Å². The molecule has 2 aliphatic rings. The Hall–Kier alpha value is -1.95. The van der Waals surface area contributed by atoms with Gasteiger partial charge in [-0.3, -0.25) is 14.5 Å². The molecule has 0 aliphatic carbocycles. The van der Waals surface area contributed by atoms with Gasteiger partial charge < -0.3 is 9.80 Å². The molecule has 1 atom stereocenters. The maximum Gasteiger partial charge on any atom is 0.241 e. The van der Waals surface area contributed by atoms with Crippen LogP contribution in [0.4, 0.5) is 10.1 Å². The van der Waals surface area contributed by atoms with Gasteiger partial charge in [0.25, 0.3) is 0 Å². The molecule has 6 heteroatoms. The van der Waals surface area contributed by atoms with E-state index in [9.17, 15) is 14.0 Å². The lowest BCUT2D eigenvalue weighted by Gasteiger charge is -2.46. The third-order valence-electron chi connectivity index (χ3n) is 6.03. The summed E-state index contributed by atoms with van der Waals surface area (Å²) in [5, 5.41) is 0. The number of likely N-dealkylation sites (N-methyl/N-ethyl adjacent to an activating group) is 1. The molecule has 0 N–H and O–H groups in total. The summed E-state index contributed by atoms with van der Waals surface area (Å²) >= 11 is 0. The molecule has 26 heavy (non-hydrogen) atoms. The van der Waals surface area contributed by atoms with E-state index in [4.69, 9.17) is 0 Å². The minimum Gasteiger partial charge on any atom is -0.340 e. The monoisotopic (exact) mass is 361 g/mol. The number of carbonyl (C=O) groups is 2. The number of anilines is 1. The van der Waals surface area contributed by atoms with E-state index in [2.05, 4.69) is 18.7 Å². The molecule has 1 aromatic rings. The van der Waals surface area contributed by atoms with Crippen LogP contribution in [0.15, 0.2) is 24.3 Å². The lowest BCUT2D eigenvalue weighted by molar-refractivity contribution is -0.135. The summed E-state index contributed by atoms with van der Waals surface area (Å²) in [6.45, 7) is 6.20. The second kappa shape index (κ2) is 7.35. The van der Waals surface area contributed by atoms with Gasteiger partial charge in [0.1, 0.15) is 5.82 Å². The van der Waals surface area contributed by atoms with Gasteiger partial charge in [-0.25, -0.2) is 4.39 Å². The second-order valence-corrected chi connectivity index (χ2v) is 7.56. The van der Waals surface area contributed by atoms with Crippen LogP contribution < -0.4 is 4.90 Å². The number of likely N-dealkylation sites (tertiary alicyclic amines) is 1. The normalized spacial score (nSPS) is 24.1. The van der Waals surface area contributed by atoms with Gasteiger partial charge in [-0.05, 0) is 44.5 Å². The van der Waals surface area contributed by atoms with E-state index < -0.39 is 0 Å². The number of nitrogens with zero attached hydrogens (tertiary/aromatic N) is 3. The van der Waals surface area contributed by atoms with Gasteiger partial charge in [-0.2, -0.15) is 0 Å². The van der Waals surface area contributed by atoms with E-state index in [-0.39, 0.29) is 35.6 Å². The number of rotatable bonds is 4. The molecular weight excluding hydrogens is 333 g/mol. The minimum atomic E-state index is -0.347. The summed E-state index contributed by atoms with van der Waals surface area (Å²) in [5.74, 6) is -0.0942. The first kappa shape index (κ1) is 18.8. The molecule has 2 fully saturated rings. The number of piperazine rings is 1. The Balaban J connectivity index is 1.81. The second-order valence-electron chi connectivity index (χ2n) is 7.56. The first-order chi connectivity index (χ1) is 12.4.